The minimum Gasteiger partial charge on any atom is -0.357 e. The Kier molecular flexibility index (Phi) is 8.24. The van der Waals surface area contributed by atoms with E-state index < -0.39 is 0 Å². The first kappa shape index (κ1) is 20.9. The van der Waals surface area contributed by atoms with Gasteiger partial charge in [0.15, 0.2) is 11.8 Å². The fourth-order valence-corrected chi connectivity index (χ4v) is 2.57. The van der Waals surface area contributed by atoms with Gasteiger partial charge in [-0.2, -0.15) is 5.10 Å². The molecule has 144 valence electrons. The fraction of sp³-hybridized carbons (Fsp3) is 0.333. The van der Waals surface area contributed by atoms with Gasteiger partial charge in [0.25, 0.3) is 0 Å². The highest BCUT2D eigenvalue weighted by atomic mass is 127. The van der Waals surface area contributed by atoms with Gasteiger partial charge in [-0.05, 0) is 24.1 Å². The maximum Gasteiger partial charge on any atom is 0.191 e. The van der Waals surface area contributed by atoms with Gasteiger partial charge in [0.2, 0.25) is 0 Å². The van der Waals surface area contributed by atoms with Crippen LogP contribution in [0.25, 0.3) is 0 Å². The van der Waals surface area contributed by atoms with Crippen molar-refractivity contribution >= 4 is 29.9 Å². The zero-order chi connectivity index (χ0) is 18.2. The summed E-state index contributed by atoms with van der Waals surface area (Å²) in [4.78, 5) is 4.71. The molecule has 0 saturated carbocycles. The Bertz CT molecular complexity index is 841. The Morgan fingerprint density at radius 3 is 2.63 bits per heavy atom. The average Bonchev–Trinajstić information content (AvgIpc) is 3.30. The lowest BCUT2D eigenvalue weighted by molar-refractivity contribution is 0.680. The van der Waals surface area contributed by atoms with Gasteiger partial charge < -0.3 is 15.2 Å². The van der Waals surface area contributed by atoms with E-state index in [0.717, 1.165) is 24.9 Å². The van der Waals surface area contributed by atoms with Crippen molar-refractivity contribution in [2.75, 3.05) is 6.54 Å². The van der Waals surface area contributed by atoms with Crippen LogP contribution in [0.1, 0.15) is 23.9 Å². The van der Waals surface area contributed by atoms with Gasteiger partial charge >= 0.3 is 0 Å². The molecule has 0 unspecified atom stereocenters. The van der Waals surface area contributed by atoms with Gasteiger partial charge in [0, 0.05) is 26.0 Å². The Labute approximate surface area is 176 Å². The zero-order valence-electron chi connectivity index (χ0n) is 15.5. The first-order valence-corrected chi connectivity index (χ1v) is 8.65. The number of guanidine groups is 1. The van der Waals surface area contributed by atoms with Crippen LogP contribution in [0.2, 0.25) is 0 Å². The van der Waals surface area contributed by atoms with Crippen LogP contribution in [-0.2, 0) is 26.7 Å². The van der Waals surface area contributed by atoms with Crippen molar-refractivity contribution in [2.45, 2.75) is 26.6 Å². The SMILES string of the molecule is CCNC(=NCc1ccccc1Cn1cccn1)NCc1nncn1C.I. The maximum atomic E-state index is 4.71. The summed E-state index contributed by atoms with van der Waals surface area (Å²) in [7, 11) is 1.92. The van der Waals surface area contributed by atoms with E-state index in [9.17, 15) is 0 Å². The second-order valence-electron chi connectivity index (χ2n) is 5.88. The second-order valence-corrected chi connectivity index (χ2v) is 5.88. The highest BCUT2D eigenvalue weighted by Crippen LogP contribution is 2.11. The first-order chi connectivity index (χ1) is 12.8. The predicted molar refractivity (Wildman–Crippen MR) is 116 cm³/mol. The van der Waals surface area contributed by atoms with Crippen molar-refractivity contribution in [3.63, 3.8) is 0 Å². The van der Waals surface area contributed by atoms with Crippen molar-refractivity contribution in [2.24, 2.45) is 12.0 Å². The molecule has 0 saturated heterocycles. The Morgan fingerprint density at radius 1 is 1.15 bits per heavy atom. The van der Waals surface area contributed by atoms with E-state index in [0.29, 0.717) is 13.1 Å². The third-order valence-electron chi connectivity index (χ3n) is 3.98. The monoisotopic (exact) mass is 480 g/mol. The maximum absolute atomic E-state index is 4.71. The third-order valence-corrected chi connectivity index (χ3v) is 3.98. The molecule has 2 heterocycles. The van der Waals surface area contributed by atoms with E-state index >= 15 is 0 Å². The molecule has 3 aromatic rings. The molecule has 0 aliphatic rings. The molecule has 0 radical (unpaired) electrons. The van der Waals surface area contributed by atoms with Crippen LogP contribution in [-0.4, -0.2) is 37.0 Å². The predicted octanol–water partition coefficient (Wildman–Crippen LogP) is 1.93. The van der Waals surface area contributed by atoms with Crippen LogP contribution < -0.4 is 10.6 Å². The van der Waals surface area contributed by atoms with Crippen LogP contribution in [0.4, 0.5) is 0 Å². The van der Waals surface area contributed by atoms with Gasteiger partial charge in [-0.1, -0.05) is 24.3 Å². The molecule has 0 fully saturated rings. The lowest BCUT2D eigenvalue weighted by atomic mass is 10.1. The van der Waals surface area contributed by atoms with E-state index in [4.69, 9.17) is 4.99 Å². The Morgan fingerprint density at radius 2 is 1.96 bits per heavy atom. The summed E-state index contributed by atoms with van der Waals surface area (Å²) in [6.45, 7) is 4.73. The van der Waals surface area contributed by atoms with Crippen LogP contribution >= 0.6 is 24.0 Å². The summed E-state index contributed by atoms with van der Waals surface area (Å²) in [5, 5.41) is 18.8. The third kappa shape index (κ3) is 6.05. The minimum atomic E-state index is 0. The molecule has 0 spiro atoms. The van der Waals surface area contributed by atoms with Gasteiger partial charge in [-0.3, -0.25) is 4.68 Å². The molecular weight excluding hydrogens is 455 g/mol. The number of hydrogen-bond acceptors (Lipinski definition) is 4. The molecule has 27 heavy (non-hydrogen) atoms. The smallest absolute Gasteiger partial charge is 0.191 e. The summed E-state index contributed by atoms with van der Waals surface area (Å²) >= 11 is 0. The standard InChI is InChI=1S/C18H24N8.HI/c1-3-19-18(21-12-17-24-22-14-25(17)2)20-11-15-7-4-5-8-16(15)13-26-10-6-9-23-26;/h4-10,14H,3,11-13H2,1-2H3,(H2,19,20,21);1H. The molecular formula is C18H25IN8. The average molecular weight is 480 g/mol. The van der Waals surface area contributed by atoms with Crippen molar-refractivity contribution in [1.29, 1.82) is 0 Å². The molecule has 8 nitrogen and oxygen atoms in total. The molecule has 0 bridgehead atoms. The van der Waals surface area contributed by atoms with Crippen LogP contribution in [0, 0.1) is 0 Å². The second kappa shape index (κ2) is 10.7. The van der Waals surface area contributed by atoms with E-state index in [1.165, 1.54) is 11.1 Å². The number of halogens is 1. The molecule has 2 N–H and O–H groups in total. The summed E-state index contributed by atoms with van der Waals surface area (Å²) in [6.07, 6.45) is 5.44. The van der Waals surface area contributed by atoms with E-state index in [1.54, 1.807) is 12.5 Å². The first-order valence-electron chi connectivity index (χ1n) is 8.65. The largest absolute Gasteiger partial charge is 0.357 e. The quantitative estimate of drug-likeness (QED) is 0.307. The molecule has 3 rings (SSSR count). The lowest BCUT2D eigenvalue weighted by Gasteiger charge is -2.12. The summed E-state index contributed by atoms with van der Waals surface area (Å²) in [6, 6.07) is 10.2. The summed E-state index contributed by atoms with van der Waals surface area (Å²) in [5.41, 5.74) is 2.39. The summed E-state index contributed by atoms with van der Waals surface area (Å²) in [5.74, 6) is 1.61. The fourth-order valence-electron chi connectivity index (χ4n) is 2.57. The normalized spacial score (nSPS) is 11.1. The van der Waals surface area contributed by atoms with Gasteiger partial charge in [0.1, 0.15) is 6.33 Å². The van der Waals surface area contributed by atoms with Gasteiger partial charge in [-0.15, -0.1) is 34.2 Å². The molecule has 1 aromatic carbocycles. The molecule has 9 heteroatoms. The number of aromatic nitrogens is 5. The number of benzene rings is 1. The number of nitrogens with zero attached hydrogens (tertiary/aromatic N) is 6. The van der Waals surface area contributed by atoms with E-state index in [1.807, 2.05) is 47.6 Å². The Hall–Kier alpha value is -2.43. The van der Waals surface area contributed by atoms with E-state index in [-0.39, 0.29) is 24.0 Å². The molecule has 0 amide bonds. The number of hydrogen-bond donors (Lipinski definition) is 2. The highest BCUT2D eigenvalue weighted by Gasteiger charge is 2.05. The number of aryl methyl sites for hydroxylation is 1. The molecule has 2 aromatic heterocycles. The van der Waals surface area contributed by atoms with Crippen LogP contribution in [0.3, 0.4) is 0 Å². The van der Waals surface area contributed by atoms with Crippen molar-refractivity contribution in [3.8, 4) is 0 Å². The van der Waals surface area contributed by atoms with Crippen molar-refractivity contribution in [3.05, 3.63) is 66.0 Å². The molecule has 0 aliphatic carbocycles. The minimum absolute atomic E-state index is 0. The van der Waals surface area contributed by atoms with Crippen molar-refractivity contribution in [1.82, 2.24) is 35.2 Å². The zero-order valence-corrected chi connectivity index (χ0v) is 17.9. The van der Waals surface area contributed by atoms with Crippen LogP contribution in [0.5, 0.6) is 0 Å². The van der Waals surface area contributed by atoms with Gasteiger partial charge in [-0.25, -0.2) is 4.99 Å². The van der Waals surface area contributed by atoms with Gasteiger partial charge in [0.05, 0.1) is 19.6 Å². The highest BCUT2D eigenvalue weighted by molar-refractivity contribution is 14.0. The molecule has 0 atom stereocenters. The van der Waals surface area contributed by atoms with Crippen molar-refractivity contribution < 1.29 is 0 Å². The number of aliphatic imine (C=N–C) groups is 1. The number of nitrogens with one attached hydrogen (secondary N) is 2. The topological polar surface area (TPSA) is 84.9 Å². The summed E-state index contributed by atoms with van der Waals surface area (Å²) < 4.78 is 3.80. The Balaban J connectivity index is 0.00000261. The lowest BCUT2D eigenvalue weighted by Crippen LogP contribution is -2.37. The number of rotatable bonds is 7. The van der Waals surface area contributed by atoms with E-state index in [2.05, 4.69) is 38.1 Å². The van der Waals surface area contributed by atoms with Crippen LogP contribution in [0.15, 0.2) is 54.0 Å². The molecule has 0 aliphatic heterocycles.